The Hall–Kier alpha value is -3.40. The molecule has 1 N–H and O–H groups in total. The van der Waals surface area contributed by atoms with Gasteiger partial charge in [-0.25, -0.2) is 4.98 Å². The first-order chi connectivity index (χ1) is 15.8. The summed E-state index contributed by atoms with van der Waals surface area (Å²) in [5.41, 5.74) is 3.56. The number of anilines is 1. The van der Waals surface area contributed by atoms with Crippen LogP contribution in [0.2, 0.25) is 0 Å². The number of hydrogen-bond acceptors (Lipinski definition) is 5. The molecule has 10 heteroatoms. The van der Waals surface area contributed by atoms with E-state index >= 15 is 0 Å². The lowest BCUT2D eigenvalue weighted by molar-refractivity contribution is -0.138. The lowest BCUT2D eigenvalue weighted by atomic mass is 10.0. The van der Waals surface area contributed by atoms with E-state index in [4.69, 9.17) is 9.72 Å². The number of ether oxygens (including phenoxy) is 1. The molecule has 1 aliphatic rings. The molecule has 0 amide bonds. The molecule has 0 unspecified atom stereocenters. The van der Waals surface area contributed by atoms with E-state index in [2.05, 4.69) is 20.1 Å². The number of aromatic amines is 1. The minimum atomic E-state index is -4.39. The third-order valence-electron chi connectivity index (χ3n) is 6.16. The lowest BCUT2D eigenvalue weighted by Gasteiger charge is -2.29. The predicted molar refractivity (Wildman–Crippen MR) is 118 cm³/mol. The van der Waals surface area contributed by atoms with Crippen LogP contribution in [0.1, 0.15) is 22.5 Å². The van der Waals surface area contributed by atoms with Gasteiger partial charge in [-0.15, -0.1) is 10.2 Å². The zero-order valence-electron chi connectivity index (χ0n) is 18.3. The zero-order chi connectivity index (χ0) is 23.2. The van der Waals surface area contributed by atoms with Crippen molar-refractivity contribution >= 4 is 16.7 Å². The van der Waals surface area contributed by atoms with Gasteiger partial charge in [0.05, 0.1) is 29.8 Å². The molecule has 2 aromatic carbocycles. The first-order valence-electron chi connectivity index (χ1n) is 10.7. The van der Waals surface area contributed by atoms with Crippen molar-refractivity contribution in [2.75, 3.05) is 31.2 Å². The first-order valence-corrected chi connectivity index (χ1v) is 10.7. The molecule has 0 radical (unpaired) electrons. The average molecular weight is 456 g/mol. The van der Waals surface area contributed by atoms with Crippen molar-refractivity contribution in [3.8, 4) is 11.4 Å². The van der Waals surface area contributed by atoms with Crippen LogP contribution in [0.4, 0.5) is 18.9 Å². The van der Waals surface area contributed by atoms with E-state index in [0.717, 1.165) is 41.4 Å². The normalized spacial score (nSPS) is 14.9. The van der Waals surface area contributed by atoms with Crippen LogP contribution in [0.15, 0.2) is 36.7 Å². The summed E-state index contributed by atoms with van der Waals surface area (Å²) in [5.74, 6) is 1.30. The number of aryl methyl sites for hydroxylation is 1. The number of nitrogens with one attached hydrogen (secondary N) is 1. The molecule has 1 fully saturated rings. The fraction of sp³-hybridized carbons (Fsp3) is 0.348. The molecule has 3 heterocycles. The summed E-state index contributed by atoms with van der Waals surface area (Å²) in [6.45, 7) is 6.44. The summed E-state index contributed by atoms with van der Waals surface area (Å²) in [6.07, 6.45) is -2.88. The molecule has 2 aromatic heterocycles. The van der Waals surface area contributed by atoms with Crippen molar-refractivity contribution in [3.63, 3.8) is 0 Å². The molecule has 0 spiro atoms. The van der Waals surface area contributed by atoms with E-state index in [1.807, 2.05) is 23.6 Å². The quantitative estimate of drug-likeness (QED) is 0.495. The predicted octanol–water partition coefficient (Wildman–Crippen LogP) is 4.34. The largest absolute Gasteiger partial charge is 0.416 e. The van der Waals surface area contributed by atoms with Crippen LogP contribution < -0.4 is 4.90 Å². The summed E-state index contributed by atoms with van der Waals surface area (Å²) >= 11 is 0. The molecule has 0 atom stereocenters. The van der Waals surface area contributed by atoms with Gasteiger partial charge in [0.1, 0.15) is 12.2 Å². The molecule has 5 rings (SSSR count). The van der Waals surface area contributed by atoms with Gasteiger partial charge < -0.3 is 19.2 Å². The van der Waals surface area contributed by atoms with Crippen LogP contribution >= 0.6 is 0 Å². The Labute approximate surface area is 188 Å². The second kappa shape index (κ2) is 8.18. The highest BCUT2D eigenvalue weighted by Gasteiger charge is 2.33. The highest BCUT2D eigenvalue weighted by Crippen LogP contribution is 2.35. The fourth-order valence-corrected chi connectivity index (χ4v) is 4.38. The van der Waals surface area contributed by atoms with E-state index in [1.165, 1.54) is 19.3 Å². The molecule has 1 saturated heterocycles. The number of alkyl halides is 3. The third-order valence-corrected chi connectivity index (χ3v) is 6.16. The van der Waals surface area contributed by atoms with Crippen molar-refractivity contribution < 1.29 is 17.9 Å². The van der Waals surface area contributed by atoms with Crippen molar-refractivity contribution in [1.82, 2.24) is 24.7 Å². The number of hydrogen-bond donors (Lipinski definition) is 1. The van der Waals surface area contributed by atoms with Gasteiger partial charge in [0, 0.05) is 30.9 Å². The number of rotatable bonds is 4. The summed E-state index contributed by atoms with van der Waals surface area (Å²) in [7, 11) is 0. The number of fused-ring (bicyclic) bond motifs is 1. The number of aromatic nitrogens is 5. The Morgan fingerprint density at radius 1 is 1.12 bits per heavy atom. The van der Waals surface area contributed by atoms with Gasteiger partial charge >= 0.3 is 6.18 Å². The van der Waals surface area contributed by atoms with E-state index in [9.17, 15) is 13.2 Å². The summed E-state index contributed by atoms with van der Waals surface area (Å²) in [5, 5.41) is 8.08. The van der Waals surface area contributed by atoms with Gasteiger partial charge in [0.15, 0.2) is 5.82 Å². The van der Waals surface area contributed by atoms with Crippen LogP contribution in [0.5, 0.6) is 0 Å². The second-order valence-corrected chi connectivity index (χ2v) is 8.13. The Bertz CT molecular complexity index is 1290. The summed E-state index contributed by atoms with van der Waals surface area (Å²) in [6, 6.07) is 8.39. The molecule has 4 aromatic rings. The SMILES string of the molecule is Cc1c(Cn2c(C)nc3c(-c4nnc[nH]4)cc(N4CCOCC4)cc32)cccc1C(F)(F)F. The van der Waals surface area contributed by atoms with E-state index < -0.39 is 11.7 Å². The van der Waals surface area contributed by atoms with Crippen LogP contribution in [-0.4, -0.2) is 51.0 Å². The second-order valence-electron chi connectivity index (χ2n) is 8.13. The number of halogens is 3. The highest BCUT2D eigenvalue weighted by molar-refractivity contribution is 5.94. The molecule has 1 aliphatic heterocycles. The van der Waals surface area contributed by atoms with Crippen LogP contribution in [-0.2, 0) is 17.5 Å². The fourth-order valence-electron chi connectivity index (χ4n) is 4.38. The van der Waals surface area contributed by atoms with E-state index in [-0.39, 0.29) is 12.1 Å². The van der Waals surface area contributed by atoms with Gasteiger partial charge in [-0.05, 0) is 43.2 Å². The van der Waals surface area contributed by atoms with Crippen LogP contribution in [0.25, 0.3) is 22.4 Å². The maximum Gasteiger partial charge on any atom is 0.416 e. The van der Waals surface area contributed by atoms with Crippen LogP contribution in [0, 0.1) is 13.8 Å². The molecule has 172 valence electrons. The van der Waals surface area contributed by atoms with Crippen LogP contribution in [0.3, 0.4) is 0 Å². The molecular formula is C23H23F3N6O. The van der Waals surface area contributed by atoms with Gasteiger partial charge in [-0.3, -0.25) is 0 Å². The van der Waals surface area contributed by atoms with Gasteiger partial charge in [0.2, 0.25) is 0 Å². The van der Waals surface area contributed by atoms with Gasteiger partial charge in [-0.1, -0.05) is 12.1 Å². The molecule has 0 bridgehead atoms. The Balaban J connectivity index is 1.66. The number of nitrogens with zero attached hydrogens (tertiary/aromatic N) is 5. The minimum Gasteiger partial charge on any atom is -0.378 e. The molecular weight excluding hydrogens is 433 g/mol. The van der Waals surface area contributed by atoms with Crippen molar-refractivity contribution in [3.05, 3.63) is 59.2 Å². The number of benzene rings is 2. The Kier molecular flexibility index (Phi) is 5.32. The first kappa shape index (κ1) is 21.4. The van der Waals surface area contributed by atoms with Gasteiger partial charge in [0.25, 0.3) is 0 Å². The molecule has 0 aliphatic carbocycles. The summed E-state index contributed by atoms with van der Waals surface area (Å²) in [4.78, 5) is 10.0. The standard InChI is InChI=1S/C23H23F3N6O/c1-14-16(4-3-5-19(14)23(24,25)26)12-32-15(2)29-21-18(22-27-13-28-30-22)10-17(11-20(21)32)31-6-8-33-9-7-31/h3-5,10-11,13H,6-9,12H2,1-2H3,(H,27,28,30). The maximum absolute atomic E-state index is 13.5. The topological polar surface area (TPSA) is 71.9 Å². The van der Waals surface area contributed by atoms with Crippen molar-refractivity contribution in [2.24, 2.45) is 0 Å². The Morgan fingerprint density at radius 3 is 2.61 bits per heavy atom. The number of imidazole rings is 1. The number of H-pyrrole nitrogens is 1. The molecule has 7 nitrogen and oxygen atoms in total. The molecule has 0 saturated carbocycles. The molecule has 33 heavy (non-hydrogen) atoms. The Morgan fingerprint density at radius 2 is 1.91 bits per heavy atom. The third kappa shape index (κ3) is 3.95. The average Bonchev–Trinajstić information content (AvgIpc) is 3.43. The van der Waals surface area contributed by atoms with E-state index in [1.54, 1.807) is 6.07 Å². The van der Waals surface area contributed by atoms with Crippen molar-refractivity contribution in [2.45, 2.75) is 26.6 Å². The highest BCUT2D eigenvalue weighted by atomic mass is 19.4. The van der Waals surface area contributed by atoms with Crippen molar-refractivity contribution in [1.29, 1.82) is 0 Å². The minimum absolute atomic E-state index is 0.228. The zero-order valence-corrected chi connectivity index (χ0v) is 18.3. The maximum atomic E-state index is 13.5. The summed E-state index contributed by atoms with van der Waals surface area (Å²) < 4.78 is 47.8. The van der Waals surface area contributed by atoms with E-state index in [0.29, 0.717) is 30.4 Å². The monoisotopic (exact) mass is 456 g/mol. The lowest BCUT2D eigenvalue weighted by Crippen LogP contribution is -2.36. The smallest absolute Gasteiger partial charge is 0.378 e. The number of morpholine rings is 1. The van der Waals surface area contributed by atoms with Gasteiger partial charge in [-0.2, -0.15) is 13.2 Å².